The Hall–Kier alpha value is -5.96. The van der Waals surface area contributed by atoms with E-state index in [1.165, 1.54) is 86.8 Å². The predicted molar refractivity (Wildman–Crippen MR) is 229 cm³/mol. The number of anilines is 3. The number of rotatable bonds is 7. The van der Waals surface area contributed by atoms with E-state index in [1.807, 2.05) is 11.3 Å². The van der Waals surface area contributed by atoms with Gasteiger partial charge in [-0.15, -0.1) is 11.3 Å². The van der Waals surface area contributed by atoms with Crippen LogP contribution in [0.2, 0.25) is 0 Å². The second-order valence-corrected chi connectivity index (χ2v) is 15.4. The lowest BCUT2D eigenvalue weighted by Gasteiger charge is -2.32. The fourth-order valence-corrected chi connectivity index (χ4v) is 10.3. The molecule has 0 unspecified atom stereocenters. The minimum absolute atomic E-state index is 0.00856. The fourth-order valence-electron chi connectivity index (χ4n) is 9.03. The maximum absolute atomic E-state index is 2.50. The van der Waals surface area contributed by atoms with Crippen molar-refractivity contribution < 1.29 is 0 Å². The van der Waals surface area contributed by atoms with Gasteiger partial charge in [0.15, 0.2) is 0 Å². The molecule has 0 fully saturated rings. The van der Waals surface area contributed by atoms with Crippen LogP contribution in [0.1, 0.15) is 37.8 Å². The molecule has 0 spiro atoms. The van der Waals surface area contributed by atoms with Crippen LogP contribution in [0.15, 0.2) is 176 Å². The summed E-state index contributed by atoms with van der Waals surface area (Å²) in [4.78, 5) is 2.49. The summed E-state index contributed by atoms with van der Waals surface area (Å²) in [6.07, 6.45) is 2.12. The van der Waals surface area contributed by atoms with E-state index in [4.69, 9.17) is 0 Å². The molecule has 0 saturated carbocycles. The summed E-state index contributed by atoms with van der Waals surface area (Å²) in [5, 5.41) is 5.22. The topological polar surface area (TPSA) is 3.24 Å². The molecule has 1 aromatic heterocycles. The van der Waals surface area contributed by atoms with Crippen LogP contribution in [0, 0.1) is 0 Å². The van der Waals surface area contributed by atoms with E-state index in [0.29, 0.717) is 0 Å². The number of nitrogens with zero attached hydrogens (tertiary/aromatic N) is 1. The Kier molecular flexibility index (Phi) is 7.56. The first-order chi connectivity index (χ1) is 26.2. The lowest BCUT2D eigenvalue weighted by molar-refractivity contribution is 0.490. The van der Waals surface area contributed by atoms with Gasteiger partial charge in [0.05, 0.1) is 5.69 Å². The molecule has 0 bridgehead atoms. The molecule has 1 heterocycles. The standard InChI is InChI=1S/C51H39NS/c1-3-51(4-2)46-18-10-8-15-40(46)41-30-29-39(33-47(41)51)52(38-27-25-37(26-28-38)36-23-21-35(22-24-36)34-13-6-5-7-14-34)48-19-12-17-44-42(48)31-32-45-43-16-9-11-20-49(43)53-50(44)45/h5-33H,3-4H2,1-2H3. The van der Waals surface area contributed by atoms with Crippen LogP contribution in [0.5, 0.6) is 0 Å². The molecule has 1 nitrogen and oxygen atoms in total. The molecule has 0 amide bonds. The molecular weight excluding hydrogens is 659 g/mol. The number of thiophene rings is 1. The molecule has 53 heavy (non-hydrogen) atoms. The van der Waals surface area contributed by atoms with Crippen LogP contribution < -0.4 is 4.90 Å². The molecule has 10 rings (SSSR count). The van der Waals surface area contributed by atoms with Crippen LogP contribution >= 0.6 is 11.3 Å². The van der Waals surface area contributed by atoms with E-state index in [-0.39, 0.29) is 5.41 Å². The highest BCUT2D eigenvalue weighted by Gasteiger charge is 2.40. The summed E-state index contributed by atoms with van der Waals surface area (Å²) in [7, 11) is 0. The second kappa shape index (κ2) is 12.6. The third-order valence-corrected chi connectivity index (χ3v) is 13.0. The van der Waals surface area contributed by atoms with Crippen molar-refractivity contribution in [2.24, 2.45) is 0 Å². The molecule has 0 atom stereocenters. The summed E-state index contributed by atoms with van der Waals surface area (Å²) in [5.74, 6) is 0. The number of benzene rings is 8. The van der Waals surface area contributed by atoms with Gasteiger partial charge in [-0.1, -0.05) is 153 Å². The van der Waals surface area contributed by atoms with Crippen LogP contribution in [-0.4, -0.2) is 0 Å². The highest BCUT2D eigenvalue weighted by Crippen LogP contribution is 2.54. The van der Waals surface area contributed by atoms with Gasteiger partial charge in [-0.05, 0) is 93.7 Å². The number of hydrogen-bond donors (Lipinski definition) is 0. The fraction of sp³-hybridized carbons (Fsp3) is 0.0980. The Bertz CT molecular complexity index is 2790. The van der Waals surface area contributed by atoms with E-state index < -0.39 is 0 Å². The molecule has 9 aromatic rings. The zero-order valence-corrected chi connectivity index (χ0v) is 30.8. The Morgan fingerprint density at radius 1 is 0.434 bits per heavy atom. The smallest absolute Gasteiger partial charge is 0.0540 e. The summed E-state index contributed by atoms with van der Waals surface area (Å²) < 4.78 is 2.68. The Balaban J connectivity index is 1.14. The van der Waals surface area contributed by atoms with Crippen molar-refractivity contribution in [1.29, 1.82) is 0 Å². The zero-order valence-electron chi connectivity index (χ0n) is 30.0. The van der Waals surface area contributed by atoms with E-state index in [9.17, 15) is 0 Å². The summed E-state index contributed by atoms with van der Waals surface area (Å²) in [5.41, 5.74) is 14.1. The van der Waals surface area contributed by atoms with E-state index >= 15 is 0 Å². The maximum atomic E-state index is 2.50. The quantitative estimate of drug-likeness (QED) is 0.160. The van der Waals surface area contributed by atoms with Crippen molar-refractivity contribution >= 4 is 59.3 Å². The first-order valence-electron chi connectivity index (χ1n) is 18.8. The third-order valence-electron chi connectivity index (χ3n) is 11.8. The molecule has 0 saturated heterocycles. The van der Waals surface area contributed by atoms with E-state index in [0.717, 1.165) is 18.5 Å². The van der Waals surface area contributed by atoms with Crippen LogP contribution in [0.4, 0.5) is 17.1 Å². The van der Waals surface area contributed by atoms with Crippen molar-refractivity contribution in [3.05, 3.63) is 187 Å². The lowest BCUT2D eigenvalue weighted by atomic mass is 9.74. The Morgan fingerprint density at radius 2 is 1.00 bits per heavy atom. The van der Waals surface area contributed by atoms with Crippen LogP contribution in [0.3, 0.4) is 0 Å². The Morgan fingerprint density at radius 3 is 1.75 bits per heavy atom. The molecular formula is C51H39NS. The molecule has 1 aliphatic carbocycles. The van der Waals surface area contributed by atoms with Crippen LogP contribution in [0.25, 0.3) is 64.3 Å². The molecule has 2 heteroatoms. The second-order valence-electron chi connectivity index (χ2n) is 14.3. The monoisotopic (exact) mass is 697 g/mol. The normalized spacial score (nSPS) is 13.0. The van der Waals surface area contributed by atoms with Gasteiger partial charge >= 0.3 is 0 Å². The molecule has 0 aliphatic heterocycles. The molecule has 0 N–H and O–H groups in total. The third kappa shape index (κ3) is 4.97. The lowest BCUT2D eigenvalue weighted by Crippen LogP contribution is -2.23. The van der Waals surface area contributed by atoms with Crippen molar-refractivity contribution in [3.8, 4) is 33.4 Å². The van der Waals surface area contributed by atoms with Gasteiger partial charge in [-0.3, -0.25) is 0 Å². The highest BCUT2D eigenvalue weighted by molar-refractivity contribution is 7.26. The van der Waals surface area contributed by atoms with Gasteiger partial charge < -0.3 is 4.90 Å². The summed E-state index contributed by atoms with van der Waals surface area (Å²) in [6.45, 7) is 4.71. The molecule has 1 aliphatic rings. The summed E-state index contributed by atoms with van der Waals surface area (Å²) >= 11 is 1.90. The molecule has 254 valence electrons. The zero-order chi connectivity index (χ0) is 35.5. The minimum Gasteiger partial charge on any atom is -0.310 e. The van der Waals surface area contributed by atoms with Gasteiger partial charge in [-0.2, -0.15) is 0 Å². The molecule has 0 radical (unpaired) electrons. The van der Waals surface area contributed by atoms with Crippen molar-refractivity contribution in [2.45, 2.75) is 32.1 Å². The SMILES string of the molecule is CCC1(CC)c2ccccc2-c2ccc(N(c3ccc(-c4ccc(-c5ccccc5)cc4)cc3)c3cccc4c3ccc3c5ccccc5sc43)cc21. The molecule has 8 aromatic carbocycles. The van der Waals surface area contributed by atoms with Crippen molar-refractivity contribution in [2.75, 3.05) is 4.90 Å². The van der Waals surface area contributed by atoms with E-state index in [1.54, 1.807) is 0 Å². The maximum Gasteiger partial charge on any atom is 0.0540 e. The summed E-state index contributed by atoms with van der Waals surface area (Å²) in [6, 6.07) is 65.3. The first-order valence-corrected chi connectivity index (χ1v) is 19.6. The number of fused-ring (bicyclic) bond motifs is 8. The van der Waals surface area contributed by atoms with Crippen LogP contribution in [-0.2, 0) is 5.41 Å². The average molecular weight is 698 g/mol. The van der Waals surface area contributed by atoms with Gasteiger partial charge in [0.2, 0.25) is 0 Å². The highest BCUT2D eigenvalue weighted by atomic mass is 32.1. The van der Waals surface area contributed by atoms with Gasteiger partial charge in [-0.25, -0.2) is 0 Å². The Labute approximate surface area is 315 Å². The predicted octanol–water partition coefficient (Wildman–Crippen LogP) is 15.1. The van der Waals surface area contributed by atoms with Gasteiger partial charge in [0.25, 0.3) is 0 Å². The largest absolute Gasteiger partial charge is 0.310 e. The van der Waals surface area contributed by atoms with Crippen molar-refractivity contribution in [3.63, 3.8) is 0 Å². The average Bonchev–Trinajstić information content (AvgIpc) is 3.75. The van der Waals surface area contributed by atoms with Crippen molar-refractivity contribution in [1.82, 2.24) is 0 Å². The first kappa shape index (κ1) is 31.7. The minimum atomic E-state index is -0.00856. The van der Waals surface area contributed by atoms with Gasteiger partial charge in [0.1, 0.15) is 0 Å². The van der Waals surface area contributed by atoms with E-state index in [2.05, 4.69) is 195 Å². The number of hydrogen-bond acceptors (Lipinski definition) is 2. The van der Waals surface area contributed by atoms with Gasteiger partial charge in [0, 0.05) is 47.7 Å².